The Morgan fingerprint density at radius 1 is 1.05 bits per heavy atom. The van der Waals surface area contributed by atoms with Crippen molar-refractivity contribution in [2.24, 2.45) is 4.99 Å². The molecule has 2 aromatic carbocycles. The van der Waals surface area contributed by atoms with Gasteiger partial charge in [0.1, 0.15) is 0 Å². The van der Waals surface area contributed by atoms with Crippen LogP contribution in [0.2, 0.25) is 0 Å². The van der Waals surface area contributed by atoms with E-state index < -0.39 is 0 Å². The number of methoxy groups -OCH3 is 1. The van der Waals surface area contributed by atoms with E-state index in [1.807, 2.05) is 12.1 Å². The highest BCUT2D eigenvalue weighted by Gasteiger charge is 2.45. The van der Waals surface area contributed by atoms with Crippen molar-refractivity contribution in [1.29, 1.82) is 0 Å². The molecule has 2 nitrogen and oxygen atoms in total. The molecule has 21 heavy (non-hydrogen) atoms. The summed E-state index contributed by atoms with van der Waals surface area (Å²) < 4.78 is 5.93. The molecule has 2 unspecified atom stereocenters. The van der Waals surface area contributed by atoms with E-state index in [1.165, 1.54) is 5.56 Å². The molecule has 0 amide bonds. The molecule has 2 atom stereocenters. The highest BCUT2D eigenvalue weighted by molar-refractivity contribution is 8.13. The predicted octanol–water partition coefficient (Wildman–Crippen LogP) is 4.74. The van der Waals surface area contributed by atoms with Crippen LogP contribution in [-0.4, -0.2) is 18.4 Å². The Bertz CT molecular complexity index is 668. The summed E-state index contributed by atoms with van der Waals surface area (Å²) in [5.41, 5.74) is 3.15. The quantitative estimate of drug-likeness (QED) is 0.798. The number of benzene rings is 2. The minimum atomic E-state index is -0.260. The Balaban J connectivity index is 2.24. The number of aliphatic imine (C=N–C) groups is 1. The van der Waals surface area contributed by atoms with Crippen LogP contribution in [0.5, 0.6) is 0 Å². The van der Waals surface area contributed by atoms with Gasteiger partial charge in [-0.05, 0) is 24.8 Å². The molecule has 108 valence electrons. The Morgan fingerprint density at radius 2 is 1.71 bits per heavy atom. The Hall–Kier alpha value is -1.58. The predicted molar refractivity (Wildman–Crippen MR) is 90.6 cm³/mol. The summed E-state index contributed by atoms with van der Waals surface area (Å²) in [4.78, 5) is 4.89. The SMILES string of the molecule is COC1c2ccccc2N=C(SC)C1(C)c1ccccc1. The Morgan fingerprint density at radius 3 is 2.38 bits per heavy atom. The monoisotopic (exact) mass is 297 g/mol. The van der Waals surface area contributed by atoms with Gasteiger partial charge in [-0.1, -0.05) is 48.5 Å². The minimum Gasteiger partial charge on any atom is -0.375 e. The van der Waals surface area contributed by atoms with E-state index in [1.54, 1.807) is 18.9 Å². The second kappa shape index (κ2) is 5.66. The van der Waals surface area contributed by atoms with E-state index in [0.717, 1.165) is 16.3 Å². The molecule has 0 bridgehead atoms. The average Bonchev–Trinajstić information content (AvgIpc) is 2.55. The summed E-state index contributed by atoms with van der Waals surface area (Å²) in [5.74, 6) is 0. The fourth-order valence-corrected chi connectivity index (χ4v) is 3.98. The summed E-state index contributed by atoms with van der Waals surface area (Å²) in [7, 11) is 1.78. The van der Waals surface area contributed by atoms with Crippen molar-refractivity contribution < 1.29 is 4.74 Å². The summed E-state index contributed by atoms with van der Waals surface area (Å²) in [6.45, 7) is 2.22. The number of fused-ring (bicyclic) bond motifs is 1. The van der Waals surface area contributed by atoms with Crippen LogP contribution in [0.3, 0.4) is 0 Å². The fraction of sp³-hybridized carbons (Fsp3) is 0.278. The Labute approximate surface area is 130 Å². The van der Waals surface area contributed by atoms with Crippen LogP contribution in [0.15, 0.2) is 59.6 Å². The van der Waals surface area contributed by atoms with E-state index in [0.29, 0.717) is 0 Å². The second-order valence-electron chi connectivity index (χ2n) is 5.36. The summed E-state index contributed by atoms with van der Waals surface area (Å²) in [5, 5.41) is 1.10. The van der Waals surface area contributed by atoms with E-state index in [2.05, 4.69) is 55.6 Å². The molecule has 0 saturated heterocycles. The largest absolute Gasteiger partial charge is 0.375 e. The lowest BCUT2D eigenvalue weighted by Crippen LogP contribution is -2.40. The van der Waals surface area contributed by atoms with E-state index >= 15 is 0 Å². The van der Waals surface area contributed by atoms with Gasteiger partial charge >= 0.3 is 0 Å². The van der Waals surface area contributed by atoms with Crippen LogP contribution in [0.1, 0.15) is 24.2 Å². The first-order valence-corrected chi connectivity index (χ1v) is 8.24. The molecule has 3 rings (SSSR count). The molecule has 3 heteroatoms. The maximum atomic E-state index is 5.93. The van der Waals surface area contributed by atoms with Gasteiger partial charge in [-0.2, -0.15) is 0 Å². The Kier molecular flexibility index (Phi) is 3.87. The van der Waals surface area contributed by atoms with Crippen molar-refractivity contribution in [1.82, 2.24) is 0 Å². The van der Waals surface area contributed by atoms with Gasteiger partial charge in [-0.15, -0.1) is 11.8 Å². The molecule has 0 radical (unpaired) electrons. The van der Waals surface area contributed by atoms with Gasteiger partial charge in [0.15, 0.2) is 0 Å². The zero-order valence-electron chi connectivity index (χ0n) is 12.5. The first kappa shape index (κ1) is 14.4. The average molecular weight is 297 g/mol. The number of thioether (sulfide) groups is 1. The third-order valence-corrected chi connectivity index (χ3v) is 5.11. The lowest BCUT2D eigenvalue weighted by molar-refractivity contribution is 0.0637. The van der Waals surface area contributed by atoms with Gasteiger partial charge in [-0.25, -0.2) is 4.99 Å². The molecule has 1 aliphatic heterocycles. The van der Waals surface area contributed by atoms with Gasteiger partial charge in [-0.3, -0.25) is 0 Å². The molecular weight excluding hydrogens is 278 g/mol. The van der Waals surface area contributed by atoms with Gasteiger partial charge in [0, 0.05) is 12.7 Å². The fourth-order valence-electron chi connectivity index (χ4n) is 3.14. The lowest BCUT2D eigenvalue weighted by atomic mass is 9.73. The maximum absolute atomic E-state index is 5.93. The van der Waals surface area contributed by atoms with Gasteiger partial charge in [0.05, 0.1) is 22.3 Å². The van der Waals surface area contributed by atoms with E-state index in [-0.39, 0.29) is 11.5 Å². The molecular formula is C18H19NOS. The van der Waals surface area contributed by atoms with Crippen LogP contribution in [0.25, 0.3) is 0 Å². The van der Waals surface area contributed by atoms with Crippen molar-refractivity contribution in [2.75, 3.05) is 13.4 Å². The molecule has 0 aliphatic carbocycles. The molecule has 0 N–H and O–H groups in total. The highest BCUT2D eigenvalue weighted by Crippen LogP contribution is 2.49. The van der Waals surface area contributed by atoms with E-state index in [4.69, 9.17) is 9.73 Å². The van der Waals surface area contributed by atoms with Gasteiger partial charge in [0.25, 0.3) is 0 Å². The van der Waals surface area contributed by atoms with Crippen molar-refractivity contribution in [2.45, 2.75) is 18.4 Å². The molecule has 1 aliphatic rings. The summed E-state index contributed by atoms with van der Waals surface area (Å²) in [6, 6.07) is 18.8. The molecule has 1 heterocycles. The van der Waals surface area contributed by atoms with Gasteiger partial charge in [0.2, 0.25) is 0 Å². The highest BCUT2D eigenvalue weighted by atomic mass is 32.2. The van der Waals surface area contributed by atoms with Gasteiger partial charge < -0.3 is 4.74 Å². The normalized spacial score (nSPS) is 24.3. The smallest absolute Gasteiger partial charge is 0.0996 e. The summed E-state index contributed by atoms with van der Waals surface area (Å²) in [6.07, 6.45) is 2.05. The number of rotatable bonds is 2. The molecule has 0 spiro atoms. The number of para-hydroxylation sites is 1. The van der Waals surface area contributed by atoms with Crippen molar-refractivity contribution in [3.05, 3.63) is 65.7 Å². The zero-order chi connectivity index (χ0) is 14.9. The molecule has 0 saturated carbocycles. The van der Waals surface area contributed by atoms with Crippen LogP contribution in [0.4, 0.5) is 5.69 Å². The van der Waals surface area contributed by atoms with Crippen LogP contribution < -0.4 is 0 Å². The van der Waals surface area contributed by atoms with Crippen LogP contribution in [0, 0.1) is 0 Å². The zero-order valence-corrected chi connectivity index (χ0v) is 13.4. The molecule has 2 aromatic rings. The minimum absolute atomic E-state index is 0.0314. The first-order valence-electron chi connectivity index (χ1n) is 7.02. The van der Waals surface area contributed by atoms with E-state index in [9.17, 15) is 0 Å². The number of ether oxygens (including phenoxy) is 1. The standard InChI is InChI=1S/C18H19NOS/c1-18(13-9-5-4-6-10-13)16(20-2)14-11-7-8-12-15(14)19-17(18)21-3/h4-12,16H,1-3H3. The third kappa shape index (κ3) is 2.21. The van der Waals surface area contributed by atoms with Crippen molar-refractivity contribution in [3.63, 3.8) is 0 Å². The molecule has 0 fully saturated rings. The van der Waals surface area contributed by atoms with Crippen LogP contribution >= 0.6 is 11.8 Å². The number of hydrogen-bond acceptors (Lipinski definition) is 3. The molecule has 0 aromatic heterocycles. The van der Waals surface area contributed by atoms with Crippen LogP contribution in [-0.2, 0) is 10.2 Å². The second-order valence-corrected chi connectivity index (χ2v) is 6.16. The lowest BCUT2D eigenvalue weighted by Gasteiger charge is -2.41. The number of hydrogen-bond donors (Lipinski definition) is 0. The third-order valence-electron chi connectivity index (χ3n) is 4.21. The summed E-state index contributed by atoms with van der Waals surface area (Å²) >= 11 is 1.70. The van der Waals surface area contributed by atoms with Crippen molar-refractivity contribution in [3.8, 4) is 0 Å². The number of nitrogens with zero attached hydrogens (tertiary/aromatic N) is 1. The van der Waals surface area contributed by atoms with Crippen molar-refractivity contribution >= 4 is 22.5 Å². The first-order chi connectivity index (χ1) is 10.2. The maximum Gasteiger partial charge on any atom is 0.0996 e. The topological polar surface area (TPSA) is 21.6 Å².